The van der Waals surface area contributed by atoms with E-state index in [0.717, 1.165) is 11.3 Å². The predicted molar refractivity (Wildman–Crippen MR) is 123 cm³/mol. The van der Waals surface area contributed by atoms with Crippen molar-refractivity contribution in [2.75, 3.05) is 0 Å². The number of carbonyl (C=O) groups is 2. The van der Waals surface area contributed by atoms with Crippen LogP contribution >= 0.6 is 11.6 Å². The van der Waals surface area contributed by atoms with Gasteiger partial charge in [-0.2, -0.15) is 5.10 Å². The number of furan rings is 1. The van der Waals surface area contributed by atoms with Crippen molar-refractivity contribution in [1.29, 1.82) is 0 Å². The number of para-hydroxylation sites is 1. The van der Waals surface area contributed by atoms with Crippen molar-refractivity contribution in [3.05, 3.63) is 107 Å². The maximum atomic E-state index is 13.0. The molecule has 0 saturated heterocycles. The van der Waals surface area contributed by atoms with Crippen molar-refractivity contribution >= 4 is 23.5 Å². The molecule has 168 valence electrons. The SMILES string of the molecule is Cc1nn(-c2ccccc2)c(Cl)c1COC(=O)[C@H](Cc1ccccc1)NC(=O)c1ccco1. The van der Waals surface area contributed by atoms with E-state index in [1.54, 1.807) is 17.7 Å². The van der Waals surface area contributed by atoms with Gasteiger partial charge in [-0.1, -0.05) is 60.1 Å². The summed E-state index contributed by atoms with van der Waals surface area (Å²) in [5.41, 5.74) is 2.93. The Morgan fingerprint density at radius 1 is 1.06 bits per heavy atom. The third-order valence-corrected chi connectivity index (χ3v) is 5.49. The van der Waals surface area contributed by atoms with Crippen LogP contribution in [0.5, 0.6) is 0 Å². The molecule has 8 heteroatoms. The van der Waals surface area contributed by atoms with E-state index in [2.05, 4.69) is 10.4 Å². The number of aromatic nitrogens is 2. The zero-order chi connectivity index (χ0) is 23.2. The molecule has 0 aliphatic carbocycles. The summed E-state index contributed by atoms with van der Waals surface area (Å²) >= 11 is 6.54. The summed E-state index contributed by atoms with van der Waals surface area (Å²) in [7, 11) is 0. The van der Waals surface area contributed by atoms with Crippen molar-refractivity contribution in [1.82, 2.24) is 15.1 Å². The molecule has 1 atom stereocenters. The number of benzene rings is 2. The van der Waals surface area contributed by atoms with E-state index in [-0.39, 0.29) is 18.8 Å². The van der Waals surface area contributed by atoms with Gasteiger partial charge in [-0.05, 0) is 36.8 Å². The number of rotatable bonds is 8. The molecule has 2 aromatic heterocycles. The summed E-state index contributed by atoms with van der Waals surface area (Å²) < 4.78 is 12.3. The second-order valence-corrected chi connectivity index (χ2v) is 7.76. The quantitative estimate of drug-likeness (QED) is 0.388. The molecule has 2 aromatic carbocycles. The van der Waals surface area contributed by atoms with Gasteiger partial charge in [-0.3, -0.25) is 4.79 Å². The molecule has 0 spiro atoms. The molecule has 33 heavy (non-hydrogen) atoms. The number of amides is 1. The Morgan fingerprint density at radius 2 is 1.76 bits per heavy atom. The highest BCUT2D eigenvalue weighted by atomic mass is 35.5. The largest absolute Gasteiger partial charge is 0.459 e. The van der Waals surface area contributed by atoms with Crippen molar-refractivity contribution in [3.8, 4) is 5.69 Å². The average molecular weight is 464 g/mol. The zero-order valence-corrected chi connectivity index (χ0v) is 18.7. The molecule has 0 bridgehead atoms. The second-order valence-electron chi connectivity index (χ2n) is 7.40. The highest BCUT2D eigenvalue weighted by Crippen LogP contribution is 2.24. The van der Waals surface area contributed by atoms with Crippen LogP contribution in [0.3, 0.4) is 0 Å². The molecule has 1 N–H and O–H groups in total. The number of hydrogen-bond acceptors (Lipinski definition) is 5. The molecule has 7 nitrogen and oxygen atoms in total. The van der Waals surface area contributed by atoms with Gasteiger partial charge in [0.1, 0.15) is 17.8 Å². The zero-order valence-electron chi connectivity index (χ0n) is 17.9. The number of carbonyl (C=O) groups excluding carboxylic acids is 2. The Kier molecular flexibility index (Phi) is 6.90. The van der Waals surface area contributed by atoms with E-state index < -0.39 is 17.9 Å². The normalized spacial score (nSPS) is 11.7. The molecule has 4 rings (SSSR count). The smallest absolute Gasteiger partial charge is 0.329 e. The number of halogens is 1. The van der Waals surface area contributed by atoms with Gasteiger partial charge in [-0.15, -0.1) is 0 Å². The first-order chi connectivity index (χ1) is 16.0. The minimum Gasteiger partial charge on any atom is -0.459 e. The molecule has 0 radical (unpaired) electrons. The van der Waals surface area contributed by atoms with E-state index in [0.29, 0.717) is 16.4 Å². The maximum Gasteiger partial charge on any atom is 0.329 e. The number of ether oxygens (including phenoxy) is 1. The fourth-order valence-corrected chi connectivity index (χ4v) is 3.69. The summed E-state index contributed by atoms with van der Waals surface area (Å²) in [4.78, 5) is 25.5. The number of hydrogen-bond donors (Lipinski definition) is 1. The number of esters is 1. The third-order valence-electron chi connectivity index (χ3n) is 5.10. The van der Waals surface area contributed by atoms with Crippen LogP contribution < -0.4 is 5.32 Å². The predicted octanol–water partition coefficient (Wildman–Crippen LogP) is 4.51. The first-order valence-corrected chi connectivity index (χ1v) is 10.7. The van der Waals surface area contributed by atoms with E-state index in [4.69, 9.17) is 20.8 Å². The lowest BCUT2D eigenvalue weighted by atomic mass is 10.1. The summed E-state index contributed by atoms with van der Waals surface area (Å²) in [6.45, 7) is 1.73. The van der Waals surface area contributed by atoms with Crippen molar-refractivity contribution in [2.45, 2.75) is 26.0 Å². The monoisotopic (exact) mass is 463 g/mol. The standard InChI is InChI=1S/C25H22ClN3O4/c1-17-20(23(26)29(28-17)19-11-6-3-7-12-19)16-33-25(31)21(15-18-9-4-2-5-10-18)27-24(30)22-13-8-14-32-22/h2-14,21H,15-16H2,1H3,(H,27,30)/t21-/m0/s1. The van der Waals surface area contributed by atoms with Gasteiger partial charge in [0, 0.05) is 12.0 Å². The first-order valence-electron chi connectivity index (χ1n) is 10.4. The van der Waals surface area contributed by atoms with Crippen LogP contribution in [0, 0.1) is 6.92 Å². The van der Waals surface area contributed by atoms with Crippen LogP contribution in [-0.4, -0.2) is 27.7 Å². The molecular weight excluding hydrogens is 442 g/mol. The molecule has 0 aliphatic rings. The van der Waals surface area contributed by atoms with E-state index in [9.17, 15) is 9.59 Å². The van der Waals surface area contributed by atoms with Crippen LogP contribution in [-0.2, 0) is 22.6 Å². The average Bonchev–Trinajstić information content (AvgIpc) is 3.47. The number of nitrogens with one attached hydrogen (secondary N) is 1. The summed E-state index contributed by atoms with van der Waals surface area (Å²) in [6.07, 6.45) is 1.66. The molecule has 2 heterocycles. The lowest BCUT2D eigenvalue weighted by Gasteiger charge is -2.17. The second kappa shape index (κ2) is 10.2. The van der Waals surface area contributed by atoms with Crippen molar-refractivity contribution < 1.29 is 18.7 Å². The van der Waals surface area contributed by atoms with E-state index >= 15 is 0 Å². The number of aryl methyl sites for hydroxylation is 1. The van der Waals surface area contributed by atoms with E-state index in [1.165, 1.54) is 12.3 Å². The van der Waals surface area contributed by atoms with Gasteiger partial charge in [-0.25, -0.2) is 9.48 Å². The van der Waals surface area contributed by atoms with Gasteiger partial charge < -0.3 is 14.5 Å². The highest BCUT2D eigenvalue weighted by molar-refractivity contribution is 6.30. The Labute approximate surface area is 195 Å². The Balaban J connectivity index is 1.50. The van der Waals surface area contributed by atoms with Crippen LogP contribution in [0.1, 0.15) is 27.4 Å². The topological polar surface area (TPSA) is 86.4 Å². The van der Waals surface area contributed by atoms with Crippen LogP contribution in [0.4, 0.5) is 0 Å². The third kappa shape index (κ3) is 5.32. The Morgan fingerprint density at radius 3 is 2.42 bits per heavy atom. The maximum absolute atomic E-state index is 13.0. The molecule has 1 amide bonds. The molecule has 0 aliphatic heterocycles. The van der Waals surface area contributed by atoms with Crippen LogP contribution in [0.2, 0.25) is 5.15 Å². The lowest BCUT2D eigenvalue weighted by Crippen LogP contribution is -2.43. The van der Waals surface area contributed by atoms with Gasteiger partial charge in [0.15, 0.2) is 5.76 Å². The fourth-order valence-electron chi connectivity index (χ4n) is 3.36. The van der Waals surface area contributed by atoms with Gasteiger partial charge in [0.2, 0.25) is 0 Å². The van der Waals surface area contributed by atoms with Gasteiger partial charge in [0.05, 0.1) is 17.6 Å². The van der Waals surface area contributed by atoms with Crippen LogP contribution in [0.25, 0.3) is 5.69 Å². The highest BCUT2D eigenvalue weighted by Gasteiger charge is 2.25. The summed E-state index contributed by atoms with van der Waals surface area (Å²) in [6, 6.07) is 21.0. The summed E-state index contributed by atoms with van der Waals surface area (Å²) in [5, 5.41) is 7.53. The van der Waals surface area contributed by atoms with Crippen LogP contribution in [0.15, 0.2) is 83.5 Å². The molecule has 0 saturated carbocycles. The first kappa shape index (κ1) is 22.4. The Hall–Kier alpha value is -3.84. The lowest BCUT2D eigenvalue weighted by molar-refractivity contribution is -0.147. The number of nitrogens with zero attached hydrogens (tertiary/aromatic N) is 2. The van der Waals surface area contributed by atoms with Crippen molar-refractivity contribution in [3.63, 3.8) is 0 Å². The minimum atomic E-state index is -0.909. The summed E-state index contributed by atoms with van der Waals surface area (Å²) in [5.74, 6) is -0.963. The molecular formula is C25H22ClN3O4. The van der Waals surface area contributed by atoms with Gasteiger partial charge in [0.25, 0.3) is 5.91 Å². The Bertz CT molecular complexity index is 1220. The van der Waals surface area contributed by atoms with Gasteiger partial charge >= 0.3 is 5.97 Å². The minimum absolute atomic E-state index is 0.0712. The molecule has 0 fully saturated rings. The molecule has 0 unspecified atom stereocenters. The van der Waals surface area contributed by atoms with E-state index in [1.807, 2.05) is 60.7 Å². The molecule has 4 aromatic rings. The van der Waals surface area contributed by atoms with Crippen molar-refractivity contribution in [2.24, 2.45) is 0 Å². The fraction of sp³-hybridized carbons (Fsp3) is 0.160.